The molecule has 0 aliphatic heterocycles. The molecule has 19 heavy (non-hydrogen) atoms. The first kappa shape index (κ1) is 11.9. The van der Waals surface area contributed by atoms with Gasteiger partial charge in [-0.15, -0.1) is 5.10 Å². The van der Waals surface area contributed by atoms with Crippen LogP contribution in [0, 0.1) is 0 Å². The van der Waals surface area contributed by atoms with Crippen LogP contribution in [0.25, 0.3) is 11.3 Å². The van der Waals surface area contributed by atoms with Crippen LogP contribution in [0.4, 0.5) is 0 Å². The number of nitrogens with zero attached hydrogens (tertiary/aromatic N) is 2. The second-order valence-corrected chi connectivity index (χ2v) is 4.64. The van der Waals surface area contributed by atoms with Crippen LogP contribution in [0.15, 0.2) is 24.3 Å². The number of benzene rings is 1. The molecule has 0 saturated heterocycles. The summed E-state index contributed by atoms with van der Waals surface area (Å²) in [6.07, 6.45) is 2.49. The van der Waals surface area contributed by atoms with Gasteiger partial charge in [0.25, 0.3) is 0 Å². The third-order valence-corrected chi connectivity index (χ3v) is 3.23. The van der Waals surface area contributed by atoms with Crippen LogP contribution < -0.4 is 0 Å². The molecule has 5 heteroatoms. The van der Waals surface area contributed by atoms with E-state index in [1.165, 1.54) is 18.4 Å². The van der Waals surface area contributed by atoms with Crippen molar-refractivity contribution >= 4 is 5.97 Å². The lowest BCUT2D eigenvalue weighted by molar-refractivity contribution is 0.0520. The van der Waals surface area contributed by atoms with Crippen LogP contribution in [0.1, 0.15) is 41.7 Å². The number of aromatic amines is 1. The van der Waals surface area contributed by atoms with Crippen LogP contribution in [-0.2, 0) is 4.74 Å². The van der Waals surface area contributed by atoms with Crippen LogP contribution in [0.3, 0.4) is 0 Å². The lowest BCUT2D eigenvalue weighted by atomic mass is 10.0. The molecule has 1 aliphatic rings. The predicted octanol–water partition coefficient (Wildman–Crippen LogP) is 2.53. The first-order valence-electron chi connectivity index (χ1n) is 6.47. The number of hydrogen-bond acceptors (Lipinski definition) is 4. The minimum Gasteiger partial charge on any atom is -0.461 e. The van der Waals surface area contributed by atoms with Gasteiger partial charge in [-0.05, 0) is 37.3 Å². The van der Waals surface area contributed by atoms with E-state index < -0.39 is 5.97 Å². The monoisotopic (exact) mass is 257 g/mol. The molecule has 1 heterocycles. The van der Waals surface area contributed by atoms with Crippen molar-refractivity contribution in [3.8, 4) is 11.3 Å². The molecular weight excluding hydrogens is 242 g/mol. The highest BCUT2D eigenvalue weighted by Crippen LogP contribution is 2.41. The molecule has 0 bridgehead atoms. The molecule has 0 atom stereocenters. The number of H-pyrrole nitrogens is 1. The quantitative estimate of drug-likeness (QED) is 0.854. The Morgan fingerprint density at radius 3 is 3.00 bits per heavy atom. The molecule has 0 spiro atoms. The summed E-state index contributed by atoms with van der Waals surface area (Å²) in [5.41, 5.74) is 3.01. The highest BCUT2D eigenvalue weighted by atomic mass is 16.5. The molecule has 98 valence electrons. The zero-order chi connectivity index (χ0) is 13.2. The molecule has 1 N–H and O–H groups in total. The molecule has 0 amide bonds. The standard InChI is InChI=1S/C14H15N3O2/c1-2-19-14(18)13-12(15-17-16-13)11-5-3-4-10(8-11)9-6-7-9/h3-5,8-9H,2,6-7H2,1H3,(H,15,16,17). The molecule has 2 aromatic rings. The van der Waals surface area contributed by atoms with Gasteiger partial charge >= 0.3 is 5.97 Å². The van der Waals surface area contributed by atoms with Gasteiger partial charge in [-0.3, -0.25) is 0 Å². The third kappa shape index (κ3) is 2.36. The van der Waals surface area contributed by atoms with Crippen molar-refractivity contribution in [2.75, 3.05) is 6.61 Å². The second kappa shape index (κ2) is 4.84. The smallest absolute Gasteiger partial charge is 0.361 e. The van der Waals surface area contributed by atoms with E-state index in [-0.39, 0.29) is 5.69 Å². The number of aromatic nitrogens is 3. The molecular formula is C14H15N3O2. The van der Waals surface area contributed by atoms with Crippen molar-refractivity contribution in [1.29, 1.82) is 0 Å². The van der Waals surface area contributed by atoms with Crippen LogP contribution in [-0.4, -0.2) is 28.0 Å². The van der Waals surface area contributed by atoms with Gasteiger partial charge < -0.3 is 4.74 Å². The molecule has 1 aliphatic carbocycles. The Morgan fingerprint density at radius 2 is 2.26 bits per heavy atom. The van der Waals surface area contributed by atoms with E-state index in [2.05, 4.69) is 27.5 Å². The molecule has 1 saturated carbocycles. The van der Waals surface area contributed by atoms with Crippen LogP contribution in [0.2, 0.25) is 0 Å². The van der Waals surface area contributed by atoms with Gasteiger partial charge in [0, 0.05) is 5.56 Å². The lowest BCUT2D eigenvalue weighted by Gasteiger charge is -2.03. The van der Waals surface area contributed by atoms with Crippen molar-refractivity contribution in [1.82, 2.24) is 15.4 Å². The van der Waals surface area contributed by atoms with E-state index >= 15 is 0 Å². The number of nitrogens with one attached hydrogen (secondary N) is 1. The molecule has 0 radical (unpaired) electrons. The van der Waals surface area contributed by atoms with Crippen molar-refractivity contribution in [3.63, 3.8) is 0 Å². The number of rotatable bonds is 4. The van der Waals surface area contributed by atoms with Gasteiger partial charge in [0.05, 0.1) is 6.61 Å². The van der Waals surface area contributed by atoms with Crippen molar-refractivity contribution < 1.29 is 9.53 Å². The fourth-order valence-electron chi connectivity index (χ4n) is 2.13. The zero-order valence-electron chi connectivity index (χ0n) is 10.7. The molecule has 5 nitrogen and oxygen atoms in total. The van der Waals surface area contributed by atoms with E-state index in [1.54, 1.807) is 6.92 Å². The first-order chi connectivity index (χ1) is 9.29. The summed E-state index contributed by atoms with van der Waals surface area (Å²) < 4.78 is 4.98. The van der Waals surface area contributed by atoms with E-state index in [1.807, 2.05) is 12.1 Å². The molecule has 3 rings (SSSR count). The van der Waals surface area contributed by atoms with E-state index in [0.717, 1.165) is 5.56 Å². The fraction of sp³-hybridized carbons (Fsp3) is 0.357. The highest BCUT2D eigenvalue weighted by molar-refractivity contribution is 5.93. The summed E-state index contributed by atoms with van der Waals surface area (Å²) in [6, 6.07) is 8.13. The van der Waals surface area contributed by atoms with E-state index in [0.29, 0.717) is 18.2 Å². The molecule has 1 aromatic heterocycles. The Morgan fingerprint density at radius 1 is 1.42 bits per heavy atom. The summed E-state index contributed by atoms with van der Waals surface area (Å²) in [5, 5.41) is 10.5. The van der Waals surface area contributed by atoms with Gasteiger partial charge in [0.15, 0.2) is 5.69 Å². The maximum atomic E-state index is 11.8. The Bertz CT molecular complexity index is 602. The van der Waals surface area contributed by atoms with Gasteiger partial charge in [-0.1, -0.05) is 18.2 Å². The SMILES string of the molecule is CCOC(=O)c1n[nH]nc1-c1cccc(C2CC2)c1. The Hall–Kier alpha value is -2.17. The maximum absolute atomic E-state index is 11.8. The van der Waals surface area contributed by atoms with Gasteiger partial charge in [-0.2, -0.15) is 10.3 Å². The van der Waals surface area contributed by atoms with Crippen LogP contribution in [0.5, 0.6) is 0 Å². The van der Waals surface area contributed by atoms with E-state index in [4.69, 9.17) is 4.74 Å². The van der Waals surface area contributed by atoms with Gasteiger partial charge in [-0.25, -0.2) is 4.79 Å². The Labute approximate surface area is 111 Å². The van der Waals surface area contributed by atoms with Crippen LogP contribution >= 0.6 is 0 Å². The summed E-state index contributed by atoms with van der Waals surface area (Å²) in [5.74, 6) is 0.223. The Kier molecular flexibility index (Phi) is 3.03. The number of ether oxygens (including phenoxy) is 1. The minimum atomic E-state index is -0.442. The third-order valence-electron chi connectivity index (χ3n) is 3.23. The highest BCUT2D eigenvalue weighted by Gasteiger charge is 2.25. The van der Waals surface area contributed by atoms with Gasteiger partial charge in [0.1, 0.15) is 5.69 Å². The maximum Gasteiger partial charge on any atom is 0.361 e. The zero-order valence-corrected chi connectivity index (χ0v) is 10.7. The molecule has 0 unspecified atom stereocenters. The molecule has 1 aromatic carbocycles. The van der Waals surface area contributed by atoms with Crippen molar-refractivity contribution in [2.45, 2.75) is 25.7 Å². The summed E-state index contributed by atoms with van der Waals surface area (Å²) in [4.78, 5) is 11.8. The summed E-state index contributed by atoms with van der Waals surface area (Å²) >= 11 is 0. The number of carbonyl (C=O) groups excluding carboxylic acids is 1. The number of esters is 1. The normalized spacial score (nSPS) is 14.4. The topological polar surface area (TPSA) is 67.9 Å². The average Bonchev–Trinajstić information content (AvgIpc) is 3.16. The van der Waals surface area contributed by atoms with Crippen molar-refractivity contribution in [2.24, 2.45) is 0 Å². The summed E-state index contributed by atoms with van der Waals surface area (Å²) in [7, 11) is 0. The largest absolute Gasteiger partial charge is 0.461 e. The molecule has 1 fully saturated rings. The minimum absolute atomic E-state index is 0.245. The van der Waals surface area contributed by atoms with Gasteiger partial charge in [0.2, 0.25) is 0 Å². The number of hydrogen-bond donors (Lipinski definition) is 1. The first-order valence-corrected chi connectivity index (χ1v) is 6.47. The van der Waals surface area contributed by atoms with E-state index in [9.17, 15) is 4.79 Å². The average molecular weight is 257 g/mol. The summed E-state index contributed by atoms with van der Waals surface area (Å²) in [6.45, 7) is 2.10. The van der Waals surface area contributed by atoms with Crippen molar-refractivity contribution in [3.05, 3.63) is 35.5 Å². The lowest BCUT2D eigenvalue weighted by Crippen LogP contribution is -2.06. The second-order valence-electron chi connectivity index (χ2n) is 4.64. The Balaban J connectivity index is 1.95. The fourth-order valence-corrected chi connectivity index (χ4v) is 2.13. The predicted molar refractivity (Wildman–Crippen MR) is 69.8 cm³/mol. The number of carbonyl (C=O) groups is 1.